The third-order valence-corrected chi connectivity index (χ3v) is 3.34. The fourth-order valence-electron chi connectivity index (χ4n) is 1.92. The van der Waals surface area contributed by atoms with Crippen molar-refractivity contribution in [3.8, 4) is 11.1 Å². The van der Waals surface area contributed by atoms with Crippen molar-refractivity contribution >= 4 is 5.97 Å². The fraction of sp³-hybridized carbons (Fsp3) is 0.188. The smallest absolute Gasteiger partial charge is 0.313 e. The summed E-state index contributed by atoms with van der Waals surface area (Å²) in [6, 6.07) is 9.92. The molecule has 104 valence electrons. The highest BCUT2D eigenvalue weighted by Gasteiger charge is 2.29. The van der Waals surface area contributed by atoms with Gasteiger partial charge in [0.15, 0.2) is 0 Å². The Hall–Kier alpha value is -2.23. The molecule has 2 rings (SSSR count). The van der Waals surface area contributed by atoms with Crippen LogP contribution in [-0.4, -0.2) is 11.1 Å². The van der Waals surface area contributed by atoms with E-state index in [1.165, 1.54) is 12.1 Å². The molecule has 0 unspecified atom stereocenters. The highest BCUT2D eigenvalue weighted by molar-refractivity contribution is 5.80. The summed E-state index contributed by atoms with van der Waals surface area (Å²) in [6.07, 6.45) is 0. The highest BCUT2D eigenvalue weighted by Crippen LogP contribution is 2.27. The number of hydrogen-bond donors (Lipinski definition) is 1. The number of carboxylic acids is 1. The van der Waals surface area contributed by atoms with Gasteiger partial charge in [0, 0.05) is 6.07 Å². The number of rotatable bonds is 3. The third kappa shape index (κ3) is 2.69. The van der Waals surface area contributed by atoms with Crippen LogP contribution in [-0.2, 0) is 10.2 Å². The second-order valence-corrected chi connectivity index (χ2v) is 5.17. The Morgan fingerprint density at radius 2 is 1.45 bits per heavy atom. The summed E-state index contributed by atoms with van der Waals surface area (Å²) in [5, 5.41) is 9.15. The highest BCUT2D eigenvalue weighted by atomic mass is 19.1. The average Bonchev–Trinajstić information content (AvgIpc) is 2.37. The van der Waals surface area contributed by atoms with Crippen LogP contribution in [0.25, 0.3) is 11.1 Å². The summed E-state index contributed by atoms with van der Waals surface area (Å²) < 4.78 is 26.3. The SMILES string of the molecule is CC(C)(C(=O)O)c1ccc(-c2cc(F)cc(F)c2)cc1. The Kier molecular flexibility index (Phi) is 3.57. The number of benzene rings is 2. The van der Waals surface area contributed by atoms with Crippen molar-refractivity contribution in [1.29, 1.82) is 0 Å². The molecule has 0 atom stereocenters. The van der Waals surface area contributed by atoms with E-state index in [0.717, 1.165) is 6.07 Å². The Bertz CT molecular complexity index is 626. The molecule has 0 saturated heterocycles. The number of aliphatic carboxylic acids is 1. The van der Waals surface area contributed by atoms with Gasteiger partial charge in [-0.15, -0.1) is 0 Å². The lowest BCUT2D eigenvalue weighted by Gasteiger charge is -2.19. The Labute approximate surface area is 115 Å². The first kappa shape index (κ1) is 14.2. The maximum atomic E-state index is 13.2. The predicted octanol–water partition coefficient (Wildman–Crippen LogP) is 3.99. The van der Waals surface area contributed by atoms with Gasteiger partial charge in [0.2, 0.25) is 0 Å². The van der Waals surface area contributed by atoms with E-state index in [9.17, 15) is 13.6 Å². The minimum Gasteiger partial charge on any atom is -0.481 e. The van der Waals surface area contributed by atoms with Crippen LogP contribution in [0.2, 0.25) is 0 Å². The van der Waals surface area contributed by atoms with E-state index >= 15 is 0 Å². The number of hydrogen-bond acceptors (Lipinski definition) is 1. The van der Waals surface area contributed by atoms with Crippen molar-refractivity contribution in [1.82, 2.24) is 0 Å². The maximum absolute atomic E-state index is 13.2. The van der Waals surface area contributed by atoms with E-state index in [1.807, 2.05) is 0 Å². The first-order valence-electron chi connectivity index (χ1n) is 6.11. The standard InChI is InChI=1S/C16H14F2O2/c1-16(2,15(19)20)12-5-3-10(4-6-12)11-7-13(17)9-14(18)8-11/h3-9H,1-2H3,(H,19,20). The van der Waals surface area contributed by atoms with Crippen LogP contribution in [0.3, 0.4) is 0 Å². The predicted molar refractivity (Wildman–Crippen MR) is 72.5 cm³/mol. The molecule has 0 aromatic heterocycles. The van der Waals surface area contributed by atoms with Crippen LogP contribution < -0.4 is 0 Å². The van der Waals surface area contributed by atoms with Gasteiger partial charge in [-0.3, -0.25) is 4.79 Å². The minimum atomic E-state index is -1.01. The molecule has 0 bridgehead atoms. The summed E-state index contributed by atoms with van der Waals surface area (Å²) in [7, 11) is 0. The fourth-order valence-corrected chi connectivity index (χ4v) is 1.92. The van der Waals surface area contributed by atoms with Crippen LogP contribution in [0.5, 0.6) is 0 Å². The van der Waals surface area contributed by atoms with E-state index in [-0.39, 0.29) is 0 Å². The zero-order valence-electron chi connectivity index (χ0n) is 11.2. The largest absolute Gasteiger partial charge is 0.481 e. The van der Waals surface area contributed by atoms with E-state index in [4.69, 9.17) is 5.11 Å². The van der Waals surface area contributed by atoms with Crippen molar-refractivity contribution in [2.45, 2.75) is 19.3 Å². The van der Waals surface area contributed by atoms with Crippen LogP contribution in [0.4, 0.5) is 8.78 Å². The molecule has 20 heavy (non-hydrogen) atoms. The summed E-state index contributed by atoms with van der Waals surface area (Å²) >= 11 is 0. The third-order valence-electron chi connectivity index (χ3n) is 3.34. The van der Waals surface area contributed by atoms with Crippen LogP contribution in [0.1, 0.15) is 19.4 Å². The number of carbonyl (C=O) groups is 1. The summed E-state index contributed by atoms with van der Waals surface area (Å²) in [5.41, 5.74) is 0.673. The van der Waals surface area contributed by atoms with Crippen LogP contribution in [0.15, 0.2) is 42.5 Å². The Morgan fingerprint density at radius 3 is 1.90 bits per heavy atom. The first-order chi connectivity index (χ1) is 9.30. The van der Waals surface area contributed by atoms with Gasteiger partial charge < -0.3 is 5.11 Å². The Balaban J connectivity index is 2.40. The van der Waals surface area contributed by atoms with Crippen molar-refractivity contribution in [2.75, 3.05) is 0 Å². The van der Waals surface area contributed by atoms with Gasteiger partial charge in [-0.1, -0.05) is 24.3 Å². The lowest BCUT2D eigenvalue weighted by molar-refractivity contribution is -0.142. The molecule has 2 aromatic carbocycles. The molecular weight excluding hydrogens is 262 g/mol. The molecule has 0 fully saturated rings. The van der Waals surface area contributed by atoms with Gasteiger partial charge in [-0.25, -0.2) is 8.78 Å². The molecule has 0 amide bonds. The van der Waals surface area contributed by atoms with Crippen LogP contribution in [0, 0.1) is 11.6 Å². The molecule has 2 aromatic rings. The average molecular weight is 276 g/mol. The van der Waals surface area contributed by atoms with Gasteiger partial charge in [0.25, 0.3) is 0 Å². The minimum absolute atomic E-state index is 0.419. The maximum Gasteiger partial charge on any atom is 0.313 e. The quantitative estimate of drug-likeness (QED) is 0.920. The van der Waals surface area contributed by atoms with Crippen LogP contribution >= 0.6 is 0 Å². The topological polar surface area (TPSA) is 37.3 Å². The monoisotopic (exact) mass is 276 g/mol. The van der Waals surface area contributed by atoms with Gasteiger partial charge in [-0.2, -0.15) is 0 Å². The van der Waals surface area contributed by atoms with E-state index in [2.05, 4.69) is 0 Å². The van der Waals surface area contributed by atoms with Gasteiger partial charge in [0.05, 0.1) is 5.41 Å². The second kappa shape index (κ2) is 5.04. The van der Waals surface area contributed by atoms with Gasteiger partial charge in [0.1, 0.15) is 11.6 Å². The van der Waals surface area contributed by atoms with Gasteiger partial charge in [-0.05, 0) is 42.7 Å². The number of halogens is 2. The van der Waals surface area contributed by atoms with Crippen molar-refractivity contribution in [3.63, 3.8) is 0 Å². The molecule has 1 N–H and O–H groups in total. The first-order valence-corrected chi connectivity index (χ1v) is 6.11. The zero-order valence-corrected chi connectivity index (χ0v) is 11.2. The molecule has 0 spiro atoms. The molecule has 2 nitrogen and oxygen atoms in total. The Morgan fingerprint density at radius 1 is 0.950 bits per heavy atom. The molecular formula is C16H14F2O2. The summed E-state index contributed by atoms with van der Waals surface area (Å²) in [4.78, 5) is 11.2. The molecule has 0 saturated carbocycles. The summed E-state index contributed by atoms with van der Waals surface area (Å²) in [6.45, 7) is 3.21. The summed E-state index contributed by atoms with van der Waals surface area (Å²) in [5.74, 6) is -2.22. The molecule has 0 heterocycles. The second-order valence-electron chi connectivity index (χ2n) is 5.17. The van der Waals surface area contributed by atoms with Crippen molar-refractivity contribution in [3.05, 3.63) is 59.7 Å². The van der Waals surface area contributed by atoms with E-state index in [1.54, 1.807) is 38.1 Å². The molecule has 0 radical (unpaired) electrons. The zero-order chi connectivity index (χ0) is 14.9. The van der Waals surface area contributed by atoms with Gasteiger partial charge >= 0.3 is 5.97 Å². The molecule has 0 aliphatic heterocycles. The number of carboxylic acid groups (broad SMARTS) is 1. The normalized spacial score (nSPS) is 11.4. The van der Waals surface area contributed by atoms with E-state index in [0.29, 0.717) is 16.7 Å². The molecule has 0 aliphatic rings. The van der Waals surface area contributed by atoms with Crippen molar-refractivity contribution in [2.24, 2.45) is 0 Å². The lowest BCUT2D eigenvalue weighted by atomic mass is 9.84. The lowest BCUT2D eigenvalue weighted by Crippen LogP contribution is -2.28. The molecule has 4 heteroatoms. The van der Waals surface area contributed by atoms with E-state index < -0.39 is 23.0 Å². The molecule has 0 aliphatic carbocycles. The van der Waals surface area contributed by atoms with Crippen molar-refractivity contribution < 1.29 is 18.7 Å².